The van der Waals surface area contributed by atoms with E-state index in [4.69, 9.17) is 14.7 Å². The number of allylic oxidation sites excluding steroid dienone is 11. The molecule has 0 aromatic rings. The molecule has 0 radical (unpaired) electrons. The number of aliphatic hydroxyl groups is 2. The van der Waals surface area contributed by atoms with Crippen LogP contribution in [0.15, 0.2) is 72.9 Å². The highest BCUT2D eigenvalue weighted by atomic mass is 31.2. The first kappa shape index (κ1) is 56.7. The number of rotatable bonds is 37. The lowest BCUT2D eigenvalue weighted by atomic mass is 10.0. The highest BCUT2D eigenvalue weighted by molar-refractivity contribution is 7.45. The molecule has 0 saturated heterocycles. The molecule has 57 heavy (non-hydrogen) atoms. The highest BCUT2D eigenvalue weighted by Crippen LogP contribution is 2.40. The number of phosphoric acid groups is 1. The number of ketones is 1. The second-order valence-corrected chi connectivity index (χ2v) is 17.0. The van der Waals surface area contributed by atoms with Crippen LogP contribution in [0.3, 0.4) is 0 Å². The molecule has 10 nitrogen and oxygen atoms in total. The van der Waals surface area contributed by atoms with Crippen molar-refractivity contribution in [3.63, 3.8) is 0 Å². The standard InChI is InChI=1S/C30H50NO7P.C16H32O2/c1-5-6-7-8-9-10-11-12-13-14-15-16-17-18-19-20-21-22-23-24-29(34)30(25-31(2,3)4)38-39(35,36)37-27-28(33)26-32;1-2-3-4-5-6-7-8-9-10-11-12-13-14-15-16(17)18/h13-24,28,30,32-33H,5-12,25-27H2,1-4H3;2-15H2,1H3,(H,17,18)/t28-,30?;/m1./s1. The number of phosphoric ester groups is 1. The summed E-state index contributed by atoms with van der Waals surface area (Å²) < 4.78 is 21.9. The van der Waals surface area contributed by atoms with Crippen LogP contribution < -0.4 is 4.89 Å². The molecule has 0 aliphatic heterocycles. The minimum absolute atomic E-state index is 0.0809. The molecule has 0 aliphatic carbocycles. The average molecular weight is 824 g/mol. The quantitative estimate of drug-likeness (QED) is 0.0183. The van der Waals surface area contributed by atoms with Gasteiger partial charge in [-0.15, -0.1) is 0 Å². The monoisotopic (exact) mass is 824 g/mol. The summed E-state index contributed by atoms with van der Waals surface area (Å²) in [6.45, 7) is 3.26. The number of carbonyl (C=O) groups excluding carboxylic acids is 1. The SMILES string of the molecule is CCCCCCCCCC=CC=CC=CC=CC=CC=CC(=O)C(C[N+](C)(C)C)OP(=O)([O-])OC[C@H](O)CO.CCCCCCCCCCCCCCCC(=O)O. The third-order valence-electron chi connectivity index (χ3n) is 8.79. The van der Waals surface area contributed by atoms with Gasteiger partial charge in [0.2, 0.25) is 0 Å². The Hall–Kier alpha value is -2.43. The molecule has 0 aromatic heterocycles. The first-order valence-corrected chi connectivity index (χ1v) is 23.2. The second-order valence-electron chi connectivity index (χ2n) is 15.7. The molecule has 0 aliphatic rings. The molecule has 3 N–H and O–H groups in total. The predicted molar refractivity (Wildman–Crippen MR) is 235 cm³/mol. The maximum absolute atomic E-state index is 12.6. The first-order valence-electron chi connectivity index (χ1n) is 21.8. The van der Waals surface area contributed by atoms with Gasteiger partial charge in [-0.05, 0) is 25.3 Å². The van der Waals surface area contributed by atoms with Gasteiger partial charge in [0, 0.05) is 6.42 Å². The number of hydrogen-bond donors (Lipinski definition) is 3. The predicted octanol–water partition coefficient (Wildman–Crippen LogP) is 10.5. The molecule has 0 spiro atoms. The molecule has 2 unspecified atom stereocenters. The van der Waals surface area contributed by atoms with Crippen molar-refractivity contribution < 1.29 is 47.9 Å². The maximum Gasteiger partial charge on any atom is 0.303 e. The fourth-order valence-electron chi connectivity index (χ4n) is 5.55. The Morgan fingerprint density at radius 1 is 0.649 bits per heavy atom. The van der Waals surface area contributed by atoms with E-state index >= 15 is 0 Å². The van der Waals surface area contributed by atoms with Crippen molar-refractivity contribution >= 4 is 19.6 Å². The summed E-state index contributed by atoms with van der Waals surface area (Å²) in [4.78, 5) is 34.9. The van der Waals surface area contributed by atoms with Crippen LogP contribution in [0, 0.1) is 0 Å². The Morgan fingerprint density at radius 3 is 1.47 bits per heavy atom. The number of quaternary nitrogens is 1. The normalized spacial score (nSPS) is 14.7. The van der Waals surface area contributed by atoms with Crippen LogP contribution >= 0.6 is 7.82 Å². The summed E-state index contributed by atoms with van der Waals surface area (Å²) in [5.74, 6) is -1.19. The van der Waals surface area contributed by atoms with Gasteiger partial charge < -0.3 is 33.7 Å². The largest absolute Gasteiger partial charge is 0.756 e. The van der Waals surface area contributed by atoms with Crippen molar-refractivity contribution in [1.29, 1.82) is 0 Å². The molecule has 3 atom stereocenters. The number of carboxylic acid groups (broad SMARTS) is 1. The van der Waals surface area contributed by atoms with Gasteiger partial charge in [-0.1, -0.05) is 196 Å². The Bertz CT molecular complexity index is 1190. The zero-order chi connectivity index (χ0) is 42.9. The van der Waals surface area contributed by atoms with Crippen molar-refractivity contribution in [3.8, 4) is 0 Å². The molecule has 0 heterocycles. The van der Waals surface area contributed by atoms with E-state index in [1.54, 1.807) is 33.3 Å². The number of nitrogens with zero attached hydrogens (tertiary/aromatic N) is 1. The first-order chi connectivity index (χ1) is 27.3. The minimum atomic E-state index is -4.87. The molecule has 330 valence electrons. The van der Waals surface area contributed by atoms with Gasteiger partial charge in [0.1, 0.15) is 12.6 Å². The van der Waals surface area contributed by atoms with Crippen molar-refractivity contribution in [2.45, 2.75) is 167 Å². The van der Waals surface area contributed by atoms with Crippen molar-refractivity contribution in [2.75, 3.05) is 40.9 Å². The van der Waals surface area contributed by atoms with E-state index in [9.17, 15) is 24.2 Å². The Morgan fingerprint density at radius 2 is 1.05 bits per heavy atom. The topological polar surface area (TPSA) is 153 Å². The van der Waals surface area contributed by atoms with Gasteiger partial charge in [-0.3, -0.25) is 14.2 Å². The summed E-state index contributed by atoms with van der Waals surface area (Å²) in [6, 6.07) is 0. The zero-order valence-electron chi connectivity index (χ0n) is 36.4. The molecular formula is C46H82NO9P. The van der Waals surface area contributed by atoms with Crippen molar-refractivity contribution in [2.24, 2.45) is 0 Å². The van der Waals surface area contributed by atoms with Crippen LogP contribution in [-0.2, 0) is 23.2 Å². The number of aliphatic hydroxyl groups excluding tert-OH is 2. The van der Waals surface area contributed by atoms with Gasteiger partial charge in [0.15, 0.2) is 11.9 Å². The van der Waals surface area contributed by atoms with Gasteiger partial charge in [-0.2, -0.15) is 0 Å². The number of unbranched alkanes of at least 4 members (excludes halogenated alkanes) is 19. The molecule has 0 saturated carbocycles. The second kappa shape index (κ2) is 40.4. The Balaban J connectivity index is 0. The Kier molecular flexibility index (Phi) is 40.1. The number of aliphatic carboxylic acids is 1. The molecule has 0 amide bonds. The summed E-state index contributed by atoms with van der Waals surface area (Å²) in [5.41, 5.74) is 0. The lowest BCUT2D eigenvalue weighted by Gasteiger charge is -2.32. The van der Waals surface area contributed by atoms with E-state index in [2.05, 4.69) is 30.5 Å². The van der Waals surface area contributed by atoms with E-state index in [0.717, 1.165) is 19.3 Å². The van der Waals surface area contributed by atoms with Crippen LogP contribution in [-0.4, -0.2) is 84.7 Å². The summed E-state index contributed by atoms with van der Waals surface area (Å²) in [5, 5.41) is 26.6. The molecule has 0 bridgehead atoms. The van der Waals surface area contributed by atoms with E-state index in [-0.39, 0.29) is 11.0 Å². The lowest BCUT2D eigenvalue weighted by Crippen LogP contribution is -2.45. The van der Waals surface area contributed by atoms with Gasteiger partial charge in [-0.25, -0.2) is 0 Å². The number of hydrogen-bond acceptors (Lipinski definition) is 8. The van der Waals surface area contributed by atoms with Crippen LogP contribution in [0.2, 0.25) is 0 Å². The van der Waals surface area contributed by atoms with E-state index in [0.29, 0.717) is 6.42 Å². The smallest absolute Gasteiger partial charge is 0.303 e. The molecule has 0 aromatic carbocycles. The third kappa shape index (κ3) is 46.1. The fraction of sp³-hybridized carbons (Fsp3) is 0.696. The number of carboxylic acids is 1. The van der Waals surface area contributed by atoms with E-state index in [1.165, 1.54) is 128 Å². The molecule has 11 heteroatoms. The summed E-state index contributed by atoms with van der Waals surface area (Å²) >= 11 is 0. The maximum atomic E-state index is 12.6. The van der Waals surface area contributed by atoms with E-state index in [1.807, 2.05) is 36.5 Å². The van der Waals surface area contributed by atoms with Crippen LogP contribution in [0.25, 0.3) is 0 Å². The van der Waals surface area contributed by atoms with Crippen LogP contribution in [0.4, 0.5) is 0 Å². The molecular weight excluding hydrogens is 741 g/mol. The van der Waals surface area contributed by atoms with Crippen molar-refractivity contribution in [1.82, 2.24) is 0 Å². The third-order valence-corrected chi connectivity index (χ3v) is 9.77. The highest BCUT2D eigenvalue weighted by Gasteiger charge is 2.29. The summed E-state index contributed by atoms with van der Waals surface area (Å²) in [6.07, 6.45) is 46.8. The Labute approximate surface area is 347 Å². The van der Waals surface area contributed by atoms with E-state index < -0.39 is 45.0 Å². The lowest BCUT2D eigenvalue weighted by molar-refractivity contribution is -0.872. The number of likely N-dealkylation sites (N-methyl/N-ethyl adjacent to an activating group) is 1. The minimum Gasteiger partial charge on any atom is -0.756 e. The van der Waals surface area contributed by atoms with Gasteiger partial charge >= 0.3 is 5.97 Å². The average Bonchev–Trinajstić information content (AvgIpc) is 3.15. The fourth-order valence-corrected chi connectivity index (χ4v) is 6.45. The number of carbonyl (C=O) groups is 2. The van der Waals surface area contributed by atoms with Crippen molar-refractivity contribution in [3.05, 3.63) is 72.9 Å². The molecule has 0 fully saturated rings. The van der Waals surface area contributed by atoms with Crippen LogP contribution in [0.5, 0.6) is 0 Å². The van der Waals surface area contributed by atoms with Gasteiger partial charge in [0.25, 0.3) is 7.82 Å². The van der Waals surface area contributed by atoms with Crippen LogP contribution in [0.1, 0.15) is 155 Å². The van der Waals surface area contributed by atoms with Gasteiger partial charge in [0.05, 0.1) is 34.4 Å². The molecule has 0 rings (SSSR count). The summed E-state index contributed by atoms with van der Waals surface area (Å²) in [7, 11) is 0.509. The zero-order valence-corrected chi connectivity index (χ0v) is 37.3.